The third kappa shape index (κ3) is 9.77. The first kappa shape index (κ1) is 33.9. The van der Waals surface area contributed by atoms with Crippen LogP contribution in [-0.4, -0.2) is 140 Å². The Balaban J connectivity index is 0.000000186. The van der Waals surface area contributed by atoms with Gasteiger partial charge in [-0.05, 0) is 42.5 Å². The van der Waals surface area contributed by atoms with Gasteiger partial charge in [0.15, 0.2) is 0 Å². The number of rotatable bonds is 9. The third-order valence-electron chi connectivity index (χ3n) is 8.27. The van der Waals surface area contributed by atoms with Crippen LogP contribution in [0.25, 0.3) is 0 Å². The van der Waals surface area contributed by atoms with Gasteiger partial charge in [0.25, 0.3) is 0 Å². The van der Waals surface area contributed by atoms with Gasteiger partial charge < -0.3 is 39.4 Å². The number of fused-ring (bicyclic) bond motifs is 4. The largest absolute Gasteiger partial charge is 0.491 e. The molecular weight excluding hydrogens is 606 g/mol. The van der Waals surface area contributed by atoms with Crippen molar-refractivity contribution >= 4 is 6.09 Å². The number of amides is 1. The maximum atomic E-state index is 11.1. The molecule has 47 heavy (non-hydrogen) atoms. The molecule has 14 nitrogen and oxygen atoms in total. The molecule has 14 heteroatoms. The van der Waals surface area contributed by atoms with Crippen LogP contribution in [0.3, 0.4) is 0 Å². The SMILES string of the molecule is N#Cc1ccc(OCCN2CC3CNCC(C2)O3)c(C#N)c1.N#Cc1ccc(OC[C@@H](O)CN2CC3CN(C(=O)O)CC(C2)O3)cc1. The number of aliphatic hydroxyl groups excluding tert-OH is 1. The van der Waals surface area contributed by atoms with Crippen molar-refractivity contribution in [2.75, 3.05) is 78.7 Å². The Labute approximate surface area is 273 Å². The van der Waals surface area contributed by atoms with Gasteiger partial charge in [-0.1, -0.05) is 0 Å². The van der Waals surface area contributed by atoms with E-state index in [2.05, 4.69) is 21.2 Å². The van der Waals surface area contributed by atoms with E-state index in [1.54, 1.807) is 42.5 Å². The van der Waals surface area contributed by atoms with E-state index in [0.717, 1.165) is 32.7 Å². The first-order chi connectivity index (χ1) is 22.8. The first-order valence-corrected chi connectivity index (χ1v) is 15.6. The highest BCUT2D eigenvalue weighted by Gasteiger charge is 2.37. The minimum absolute atomic E-state index is 0.153. The van der Waals surface area contributed by atoms with Crippen molar-refractivity contribution in [3.63, 3.8) is 0 Å². The molecule has 248 valence electrons. The minimum Gasteiger partial charge on any atom is -0.491 e. The molecule has 1 amide bonds. The number of β-amino-alcohol motifs (C(OH)–C–C–N with tert-alkyl or cyclic N) is 1. The summed E-state index contributed by atoms with van der Waals surface area (Å²) in [6, 6.07) is 17.8. The number of nitriles is 3. The maximum Gasteiger partial charge on any atom is 0.407 e. The van der Waals surface area contributed by atoms with E-state index in [1.807, 2.05) is 12.1 Å². The highest BCUT2D eigenvalue weighted by atomic mass is 16.5. The van der Waals surface area contributed by atoms with Crippen molar-refractivity contribution in [2.24, 2.45) is 0 Å². The fourth-order valence-corrected chi connectivity index (χ4v) is 6.17. The van der Waals surface area contributed by atoms with Crippen molar-refractivity contribution in [1.29, 1.82) is 15.8 Å². The number of aliphatic hydroxyl groups is 1. The average Bonchev–Trinajstić information content (AvgIpc) is 3.07. The Morgan fingerprint density at radius 3 is 2.09 bits per heavy atom. The summed E-state index contributed by atoms with van der Waals surface area (Å²) in [6.07, 6.45) is -1.37. The monoisotopic (exact) mass is 645 g/mol. The van der Waals surface area contributed by atoms with Crippen LogP contribution in [-0.2, 0) is 9.47 Å². The van der Waals surface area contributed by atoms with Crippen LogP contribution in [0.2, 0.25) is 0 Å². The van der Waals surface area contributed by atoms with Crippen LogP contribution in [0.15, 0.2) is 42.5 Å². The quantitative estimate of drug-likeness (QED) is 0.349. The average molecular weight is 646 g/mol. The predicted octanol–water partition coefficient (Wildman–Crippen LogP) is 0.842. The zero-order chi connectivity index (χ0) is 33.2. The number of carboxylic acid groups (broad SMARTS) is 1. The summed E-state index contributed by atoms with van der Waals surface area (Å²) < 4.78 is 22.9. The van der Waals surface area contributed by atoms with Crippen LogP contribution in [0.1, 0.15) is 16.7 Å². The van der Waals surface area contributed by atoms with E-state index >= 15 is 0 Å². The Hall–Kier alpha value is -4.46. The Bertz CT molecular complexity index is 1460. The van der Waals surface area contributed by atoms with Gasteiger partial charge in [-0.15, -0.1) is 0 Å². The number of ether oxygens (including phenoxy) is 4. The fourth-order valence-electron chi connectivity index (χ4n) is 6.17. The lowest BCUT2D eigenvalue weighted by atomic mass is 10.1. The normalized spacial score (nSPS) is 24.3. The van der Waals surface area contributed by atoms with Gasteiger partial charge in [-0.2, -0.15) is 15.8 Å². The second kappa shape index (κ2) is 16.4. The minimum atomic E-state index is -0.914. The highest BCUT2D eigenvalue weighted by molar-refractivity contribution is 5.65. The van der Waals surface area contributed by atoms with E-state index in [1.165, 1.54) is 4.90 Å². The molecule has 4 aliphatic rings. The van der Waals surface area contributed by atoms with E-state index in [4.69, 9.17) is 39.8 Å². The zero-order valence-corrected chi connectivity index (χ0v) is 26.0. The van der Waals surface area contributed by atoms with Crippen LogP contribution >= 0.6 is 0 Å². The molecular formula is C33H39N7O7. The first-order valence-electron chi connectivity index (χ1n) is 15.6. The second-order valence-electron chi connectivity index (χ2n) is 12.0. The van der Waals surface area contributed by atoms with Gasteiger partial charge >= 0.3 is 6.09 Å². The summed E-state index contributed by atoms with van der Waals surface area (Å²) in [7, 11) is 0. The molecule has 4 fully saturated rings. The van der Waals surface area contributed by atoms with Gasteiger partial charge in [-0.3, -0.25) is 9.80 Å². The molecule has 4 unspecified atom stereocenters. The smallest absolute Gasteiger partial charge is 0.407 e. The summed E-state index contributed by atoms with van der Waals surface area (Å²) in [4.78, 5) is 16.9. The van der Waals surface area contributed by atoms with Gasteiger partial charge in [-0.25, -0.2) is 4.79 Å². The highest BCUT2D eigenvalue weighted by Crippen LogP contribution is 2.21. The van der Waals surface area contributed by atoms with Crippen LogP contribution in [0.4, 0.5) is 4.79 Å². The molecule has 2 aromatic rings. The van der Waals surface area contributed by atoms with E-state index < -0.39 is 12.2 Å². The fraction of sp³-hybridized carbons (Fsp3) is 0.515. The molecule has 0 saturated carbocycles. The maximum absolute atomic E-state index is 11.1. The van der Waals surface area contributed by atoms with Crippen LogP contribution in [0.5, 0.6) is 11.5 Å². The molecule has 3 N–H and O–H groups in total. The summed E-state index contributed by atoms with van der Waals surface area (Å²) >= 11 is 0. The molecule has 6 rings (SSSR count). The molecule has 0 aliphatic carbocycles. The molecule has 4 aliphatic heterocycles. The second-order valence-corrected chi connectivity index (χ2v) is 12.0. The molecule has 0 radical (unpaired) electrons. The number of hydrogen-bond acceptors (Lipinski definition) is 12. The van der Waals surface area contributed by atoms with Crippen molar-refractivity contribution < 1.29 is 34.0 Å². The third-order valence-corrected chi connectivity index (χ3v) is 8.27. The van der Waals surface area contributed by atoms with Crippen molar-refractivity contribution in [3.05, 3.63) is 59.2 Å². The molecule has 2 aromatic carbocycles. The summed E-state index contributed by atoms with van der Waals surface area (Å²) in [6.45, 7) is 7.46. The van der Waals surface area contributed by atoms with Gasteiger partial charge in [0, 0.05) is 52.4 Å². The number of hydrogen-bond donors (Lipinski definition) is 3. The van der Waals surface area contributed by atoms with Crippen LogP contribution in [0, 0.1) is 34.0 Å². The van der Waals surface area contributed by atoms with Crippen molar-refractivity contribution in [1.82, 2.24) is 20.0 Å². The summed E-state index contributed by atoms with van der Waals surface area (Å²) in [5, 5.41) is 49.4. The number of nitrogens with zero attached hydrogens (tertiary/aromatic N) is 6. The number of benzene rings is 2. The van der Waals surface area contributed by atoms with E-state index in [-0.39, 0.29) is 31.0 Å². The van der Waals surface area contributed by atoms with Gasteiger partial charge in [0.05, 0.1) is 66.3 Å². The van der Waals surface area contributed by atoms with E-state index in [0.29, 0.717) is 67.5 Å². The number of carbonyl (C=O) groups is 1. The Morgan fingerprint density at radius 1 is 0.851 bits per heavy atom. The molecule has 0 aromatic heterocycles. The number of nitrogens with one attached hydrogen (secondary N) is 1. The zero-order valence-electron chi connectivity index (χ0n) is 26.0. The summed E-state index contributed by atoms with van der Waals surface area (Å²) in [5.74, 6) is 1.14. The van der Waals surface area contributed by atoms with Gasteiger partial charge in [0.1, 0.15) is 36.9 Å². The predicted molar refractivity (Wildman–Crippen MR) is 167 cm³/mol. The lowest BCUT2D eigenvalue weighted by Crippen LogP contribution is -2.61. The van der Waals surface area contributed by atoms with Gasteiger partial charge in [0.2, 0.25) is 0 Å². The molecule has 4 heterocycles. The number of morpholine rings is 4. The van der Waals surface area contributed by atoms with Crippen molar-refractivity contribution in [2.45, 2.75) is 30.5 Å². The van der Waals surface area contributed by atoms with E-state index in [9.17, 15) is 9.90 Å². The Morgan fingerprint density at radius 2 is 1.47 bits per heavy atom. The van der Waals surface area contributed by atoms with Crippen LogP contribution < -0.4 is 14.8 Å². The topological polar surface area (TPSA) is 188 Å². The molecule has 5 atom stereocenters. The summed E-state index contributed by atoms with van der Waals surface area (Å²) in [5.41, 5.74) is 1.43. The molecule has 0 spiro atoms. The standard InChI is InChI=1S/C17H21N3O5.C16H18N4O2/c18-5-12-1-3-14(4-2-12)24-11-13(21)6-19-7-15-9-20(17(22)23)10-16(8-19)25-15;17-6-12-1-2-16(13(5-12)7-18)21-4-3-20-10-14-8-19-9-15(11-20)22-14/h1-4,13,15-16,21H,6-11H2,(H,22,23);1-2,5,14-15,19H,3-4,8-11H2/t13-,15?,16?;/m0./s1. The Kier molecular flexibility index (Phi) is 11.8. The lowest BCUT2D eigenvalue weighted by Gasteiger charge is -2.45. The molecule has 4 saturated heterocycles. The lowest BCUT2D eigenvalue weighted by molar-refractivity contribution is -0.136. The van der Waals surface area contributed by atoms with Crippen molar-refractivity contribution in [3.8, 4) is 29.7 Å². The molecule has 4 bridgehead atoms.